The normalized spacial score (nSPS) is 18.5. The summed E-state index contributed by atoms with van der Waals surface area (Å²) in [7, 11) is -1.40. The lowest BCUT2D eigenvalue weighted by atomic mass is 10.2. The lowest BCUT2D eigenvalue weighted by Gasteiger charge is -2.11. The van der Waals surface area contributed by atoms with E-state index in [0.29, 0.717) is 29.4 Å². The fourth-order valence-corrected chi connectivity index (χ4v) is 4.20. The van der Waals surface area contributed by atoms with Gasteiger partial charge >= 0.3 is 0 Å². The summed E-state index contributed by atoms with van der Waals surface area (Å²) in [4.78, 5) is 12.1. The van der Waals surface area contributed by atoms with Crippen LogP contribution in [0.15, 0.2) is 36.4 Å². The molecule has 9 heteroatoms. The molecule has 132 valence electrons. The predicted octanol–water partition coefficient (Wildman–Crippen LogP) is 1.34. The maximum atomic E-state index is 12.1. The summed E-state index contributed by atoms with van der Waals surface area (Å²) >= 11 is 0. The Hall–Kier alpha value is -2.68. The Bertz CT molecular complexity index is 851. The van der Waals surface area contributed by atoms with Gasteiger partial charge in [-0.1, -0.05) is 0 Å². The lowest BCUT2D eigenvalue weighted by Crippen LogP contribution is -2.21. The van der Waals surface area contributed by atoms with Crippen molar-refractivity contribution in [2.75, 3.05) is 29.2 Å². The first-order valence-electron chi connectivity index (χ1n) is 7.71. The van der Waals surface area contributed by atoms with E-state index in [-0.39, 0.29) is 23.5 Å². The molecule has 1 aromatic carbocycles. The van der Waals surface area contributed by atoms with E-state index in [2.05, 4.69) is 20.8 Å². The van der Waals surface area contributed by atoms with Gasteiger partial charge in [-0.25, -0.2) is 8.42 Å². The van der Waals surface area contributed by atoms with Gasteiger partial charge in [-0.15, -0.1) is 10.2 Å². The minimum absolute atomic E-state index is 0.102. The lowest BCUT2D eigenvalue weighted by molar-refractivity contribution is 0.102. The van der Waals surface area contributed by atoms with Crippen LogP contribution in [0.3, 0.4) is 0 Å². The molecule has 2 N–H and O–H groups in total. The summed E-state index contributed by atoms with van der Waals surface area (Å²) < 4.78 is 27.9. The molecule has 25 heavy (non-hydrogen) atoms. The number of aromatic nitrogens is 2. The van der Waals surface area contributed by atoms with Crippen LogP contribution in [-0.4, -0.2) is 49.2 Å². The molecule has 2 heterocycles. The Morgan fingerprint density at radius 1 is 1.12 bits per heavy atom. The number of nitrogens with one attached hydrogen (secondary N) is 2. The van der Waals surface area contributed by atoms with Crippen LogP contribution in [0.4, 0.5) is 11.6 Å². The Kier molecular flexibility index (Phi) is 4.84. The molecule has 1 fully saturated rings. The van der Waals surface area contributed by atoms with Gasteiger partial charge in [0.2, 0.25) is 0 Å². The second kappa shape index (κ2) is 7.06. The van der Waals surface area contributed by atoms with Gasteiger partial charge in [0, 0.05) is 11.6 Å². The first-order chi connectivity index (χ1) is 11.9. The Labute approximate surface area is 145 Å². The Morgan fingerprint density at radius 2 is 1.80 bits per heavy atom. The quantitative estimate of drug-likeness (QED) is 0.826. The summed E-state index contributed by atoms with van der Waals surface area (Å²) in [5.41, 5.74) is 0.473. The highest BCUT2D eigenvalue weighted by Crippen LogP contribution is 2.17. The fourth-order valence-electron chi connectivity index (χ4n) is 2.52. The van der Waals surface area contributed by atoms with Gasteiger partial charge < -0.3 is 15.4 Å². The van der Waals surface area contributed by atoms with E-state index in [0.717, 1.165) is 0 Å². The van der Waals surface area contributed by atoms with Gasteiger partial charge in [0.05, 0.1) is 18.6 Å². The fraction of sp³-hybridized carbons (Fsp3) is 0.312. The first kappa shape index (κ1) is 17.2. The van der Waals surface area contributed by atoms with Crippen molar-refractivity contribution in [1.82, 2.24) is 10.2 Å². The summed E-state index contributed by atoms with van der Waals surface area (Å²) in [6.07, 6.45) is 0.556. The monoisotopic (exact) mass is 362 g/mol. The van der Waals surface area contributed by atoms with Crippen LogP contribution in [0.2, 0.25) is 0 Å². The van der Waals surface area contributed by atoms with E-state index in [9.17, 15) is 13.2 Å². The zero-order valence-electron chi connectivity index (χ0n) is 13.6. The molecule has 8 nitrogen and oxygen atoms in total. The average molecular weight is 362 g/mol. The van der Waals surface area contributed by atoms with Crippen molar-refractivity contribution in [3.63, 3.8) is 0 Å². The van der Waals surface area contributed by atoms with Crippen molar-refractivity contribution in [3.05, 3.63) is 42.0 Å². The molecular weight excluding hydrogens is 344 g/mol. The van der Waals surface area contributed by atoms with Crippen molar-refractivity contribution in [2.45, 2.75) is 12.5 Å². The maximum absolute atomic E-state index is 12.1. The topological polar surface area (TPSA) is 110 Å². The highest BCUT2D eigenvalue weighted by Gasteiger charge is 2.27. The molecule has 1 aliphatic heterocycles. The Balaban J connectivity index is 1.59. The van der Waals surface area contributed by atoms with Crippen molar-refractivity contribution in [1.29, 1.82) is 0 Å². The third-order valence-electron chi connectivity index (χ3n) is 3.84. The SMILES string of the molecule is COc1ccc(C(=O)Nc2ccc(NC3CCS(=O)(=O)C3)nn2)cc1. The standard InChI is InChI=1S/C16H18N4O4S/c1-24-13-4-2-11(3-5-13)16(21)18-15-7-6-14(19-20-15)17-12-8-9-25(22,23)10-12/h2-7,12H,8-10H2,1H3,(H,17,19)(H,18,20,21). The van der Waals surface area contributed by atoms with Crippen molar-refractivity contribution >= 4 is 27.4 Å². The molecule has 0 saturated carbocycles. The number of benzene rings is 1. The maximum Gasteiger partial charge on any atom is 0.256 e. The van der Waals surface area contributed by atoms with Crippen LogP contribution in [0.25, 0.3) is 0 Å². The molecule has 0 aliphatic carbocycles. The molecule has 0 bridgehead atoms. The smallest absolute Gasteiger partial charge is 0.256 e. The highest BCUT2D eigenvalue weighted by atomic mass is 32.2. The summed E-state index contributed by atoms with van der Waals surface area (Å²) in [5, 5.41) is 13.6. The number of hydrogen-bond donors (Lipinski definition) is 2. The van der Waals surface area contributed by atoms with E-state index in [4.69, 9.17) is 4.74 Å². The molecule has 3 rings (SSSR count). The largest absolute Gasteiger partial charge is 0.497 e. The number of hydrogen-bond acceptors (Lipinski definition) is 7. The van der Waals surface area contributed by atoms with Gasteiger partial charge in [0.15, 0.2) is 15.7 Å². The average Bonchev–Trinajstić information content (AvgIpc) is 2.95. The van der Waals surface area contributed by atoms with Gasteiger partial charge in [-0.2, -0.15) is 0 Å². The molecule has 1 aliphatic rings. The number of nitrogens with zero attached hydrogens (tertiary/aromatic N) is 2. The molecular formula is C16H18N4O4S. The number of carbonyl (C=O) groups is 1. The number of ether oxygens (including phenoxy) is 1. The third-order valence-corrected chi connectivity index (χ3v) is 5.61. The molecule has 0 radical (unpaired) electrons. The second-order valence-electron chi connectivity index (χ2n) is 5.73. The van der Waals surface area contributed by atoms with Crippen molar-refractivity contribution < 1.29 is 17.9 Å². The van der Waals surface area contributed by atoms with Crippen LogP contribution in [0.1, 0.15) is 16.8 Å². The zero-order valence-corrected chi connectivity index (χ0v) is 14.4. The second-order valence-corrected chi connectivity index (χ2v) is 7.96. The molecule has 1 saturated heterocycles. The minimum atomic E-state index is -2.95. The molecule has 1 atom stereocenters. The summed E-state index contributed by atoms with van der Waals surface area (Å²) in [5.74, 6) is 1.44. The van der Waals surface area contributed by atoms with Crippen LogP contribution in [0.5, 0.6) is 5.75 Å². The third kappa shape index (κ3) is 4.44. The van der Waals surface area contributed by atoms with Crippen LogP contribution in [-0.2, 0) is 9.84 Å². The molecule has 0 spiro atoms. The van der Waals surface area contributed by atoms with Crippen LogP contribution >= 0.6 is 0 Å². The zero-order chi connectivity index (χ0) is 17.9. The van der Waals surface area contributed by atoms with Crippen LogP contribution in [0, 0.1) is 0 Å². The minimum Gasteiger partial charge on any atom is -0.497 e. The van der Waals surface area contributed by atoms with Gasteiger partial charge in [-0.3, -0.25) is 4.79 Å². The molecule has 1 aromatic heterocycles. The molecule has 1 unspecified atom stereocenters. The summed E-state index contributed by atoms with van der Waals surface area (Å²) in [6.45, 7) is 0. The van der Waals surface area contributed by atoms with Crippen LogP contribution < -0.4 is 15.4 Å². The first-order valence-corrected chi connectivity index (χ1v) is 9.53. The number of methoxy groups -OCH3 is 1. The highest BCUT2D eigenvalue weighted by molar-refractivity contribution is 7.91. The van der Waals surface area contributed by atoms with Gasteiger partial charge in [0.1, 0.15) is 11.6 Å². The van der Waals surface area contributed by atoms with Crippen molar-refractivity contribution in [3.8, 4) is 5.75 Å². The Morgan fingerprint density at radius 3 is 2.36 bits per heavy atom. The number of carbonyl (C=O) groups excluding carboxylic acids is 1. The van der Waals surface area contributed by atoms with E-state index in [1.165, 1.54) is 0 Å². The number of sulfone groups is 1. The predicted molar refractivity (Wildman–Crippen MR) is 93.7 cm³/mol. The number of amides is 1. The van der Waals surface area contributed by atoms with E-state index in [1.54, 1.807) is 43.5 Å². The van der Waals surface area contributed by atoms with Gasteiger partial charge in [0.25, 0.3) is 5.91 Å². The van der Waals surface area contributed by atoms with E-state index < -0.39 is 9.84 Å². The summed E-state index contributed by atoms with van der Waals surface area (Å²) in [6, 6.07) is 9.81. The van der Waals surface area contributed by atoms with E-state index >= 15 is 0 Å². The number of rotatable bonds is 5. The number of anilines is 2. The van der Waals surface area contributed by atoms with Crippen molar-refractivity contribution in [2.24, 2.45) is 0 Å². The van der Waals surface area contributed by atoms with E-state index in [1.807, 2.05) is 0 Å². The molecule has 2 aromatic rings. The molecule has 1 amide bonds. The van der Waals surface area contributed by atoms with Gasteiger partial charge in [-0.05, 0) is 42.8 Å².